The molecule has 0 amide bonds. The molecule has 2 aromatic rings. The van der Waals surface area contributed by atoms with Crippen molar-refractivity contribution in [3.05, 3.63) is 59.3 Å². The molecule has 1 aromatic carbocycles. The SMILES string of the molecule is NNC(Cc1ccnc(N)c1)c1cccc(C(F)(F)F)c1. The van der Waals surface area contributed by atoms with Gasteiger partial charge in [0, 0.05) is 12.2 Å². The van der Waals surface area contributed by atoms with Crippen LogP contribution in [0.3, 0.4) is 0 Å². The van der Waals surface area contributed by atoms with Gasteiger partial charge < -0.3 is 5.73 Å². The Hall–Kier alpha value is -2.12. The van der Waals surface area contributed by atoms with Gasteiger partial charge in [0.2, 0.25) is 0 Å². The molecule has 21 heavy (non-hydrogen) atoms. The van der Waals surface area contributed by atoms with Gasteiger partial charge in [-0.1, -0.05) is 12.1 Å². The minimum Gasteiger partial charge on any atom is -0.384 e. The van der Waals surface area contributed by atoms with Gasteiger partial charge in [-0.2, -0.15) is 13.2 Å². The molecule has 0 aliphatic carbocycles. The third kappa shape index (κ3) is 3.93. The summed E-state index contributed by atoms with van der Waals surface area (Å²) in [4.78, 5) is 3.87. The molecule has 7 heteroatoms. The molecule has 1 atom stereocenters. The molecule has 1 aromatic heterocycles. The molecule has 0 aliphatic heterocycles. The summed E-state index contributed by atoms with van der Waals surface area (Å²) in [6.07, 6.45) is -2.43. The highest BCUT2D eigenvalue weighted by atomic mass is 19.4. The number of rotatable bonds is 4. The van der Waals surface area contributed by atoms with Gasteiger partial charge in [-0.25, -0.2) is 4.98 Å². The van der Waals surface area contributed by atoms with Crippen LogP contribution in [-0.2, 0) is 12.6 Å². The molecule has 0 bridgehead atoms. The van der Waals surface area contributed by atoms with Crippen LogP contribution in [0.4, 0.5) is 19.0 Å². The number of aromatic nitrogens is 1. The molecule has 2 rings (SSSR count). The van der Waals surface area contributed by atoms with Crippen molar-refractivity contribution in [2.45, 2.75) is 18.6 Å². The standard InChI is InChI=1S/C14H15F3N4/c15-14(16,17)11-3-1-2-10(8-11)12(21-19)6-9-4-5-20-13(18)7-9/h1-5,7-8,12,21H,6,19H2,(H2,18,20). The number of anilines is 1. The molecule has 4 nitrogen and oxygen atoms in total. The number of halogens is 3. The molecule has 5 N–H and O–H groups in total. The number of benzene rings is 1. The molecular formula is C14H15F3N4. The van der Waals surface area contributed by atoms with Crippen molar-refractivity contribution in [1.29, 1.82) is 0 Å². The fourth-order valence-corrected chi connectivity index (χ4v) is 2.06. The first kappa shape index (κ1) is 15.3. The van der Waals surface area contributed by atoms with E-state index in [0.29, 0.717) is 17.8 Å². The Kier molecular flexibility index (Phi) is 4.44. The van der Waals surface area contributed by atoms with Crippen LogP contribution in [0, 0.1) is 0 Å². The van der Waals surface area contributed by atoms with Crippen LogP contribution in [-0.4, -0.2) is 4.98 Å². The number of alkyl halides is 3. The van der Waals surface area contributed by atoms with Crippen molar-refractivity contribution in [2.24, 2.45) is 5.84 Å². The van der Waals surface area contributed by atoms with Gasteiger partial charge in [-0.3, -0.25) is 11.3 Å². The number of hydrogen-bond donors (Lipinski definition) is 3. The molecule has 0 aliphatic rings. The summed E-state index contributed by atoms with van der Waals surface area (Å²) in [6, 6.07) is 8.05. The number of hydrazine groups is 1. The Morgan fingerprint density at radius 3 is 2.57 bits per heavy atom. The van der Waals surface area contributed by atoms with E-state index in [9.17, 15) is 13.2 Å². The Bertz CT molecular complexity index is 613. The van der Waals surface area contributed by atoms with Gasteiger partial charge in [-0.15, -0.1) is 0 Å². The highest BCUT2D eigenvalue weighted by Gasteiger charge is 2.30. The monoisotopic (exact) mass is 296 g/mol. The third-order valence-corrected chi connectivity index (χ3v) is 3.10. The predicted octanol–water partition coefficient (Wildman–Crippen LogP) is 2.43. The summed E-state index contributed by atoms with van der Waals surface area (Å²) in [7, 11) is 0. The minimum atomic E-state index is -4.38. The van der Waals surface area contributed by atoms with Crippen LogP contribution in [0.25, 0.3) is 0 Å². The van der Waals surface area contributed by atoms with E-state index in [2.05, 4.69) is 10.4 Å². The van der Waals surface area contributed by atoms with Crippen molar-refractivity contribution in [1.82, 2.24) is 10.4 Å². The Balaban J connectivity index is 2.25. The molecule has 0 radical (unpaired) electrons. The molecule has 112 valence electrons. The fourth-order valence-electron chi connectivity index (χ4n) is 2.06. The van der Waals surface area contributed by atoms with Gasteiger partial charge in [0.1, 0.15) is 5.82 Å². The maximum atomic E-state index is 12.7. The summed E-state index contributed by atoms with van der Waals surface area (Å²) in [5.74, 6) is 5.83. The number of nitrogen functional groups attached to an aromatic ring is 1. The number of nitrogens with two attached hydrogens (primary N) is 2. The van der Waals surface area contributed by atoms with E-state index in [1.54, 1.807) is 24.4 Å². The summed E-state index contributed by atoms with van der Waals surface area (Å²) >= 11 is 0. The highest BCUT2D eigenvalue weighted by Crippen LogP contribution is 2.31. The summed E-state index contributed by atoms with van der Waals surface area (Å²) in [5.41, 5.74) is 8.72. The van der Waals surface area contributed by atoms with Gasteiger partial charge in [0.25, 0.3) is 0 Å². The van der Waals surface area contributed by atoms with E-state index < -0.39 is 17.8 Å². The lowest BCUT2D eigenvalue weighted by Gasteiger charge is -2.18. The normalized spacial score (nSPS) is 13.1. The number of hydrogen-bond acceptors (Lipinski definition) is 4. The quantitative estimate of drug-likeness (QED) is 0.598. The first-order chi connectivity index (χ1) is 9.90. The molecular weight excluding hydrogens is 281 g/mol. The van der Waals surface area contributed by atoms with Gasteiger partial charge >= 0.3 is 6.18 Å². The largest absolute Gasteiger partial charge is 0.416 e. The van der Waals surface area contributed by atoms with E-state index in [0.717, 1.165) is 17.7 Å². The van der Waals surface area contributed by atoms with Gasteiger partial charge in [0.05, 0.1) is 5.56 Å². The van der Waals surface area contributed by atoms with E-state index in [1.807, 2.05) is 0 Å². The lowest BCUT2D eigenvalue weighted by atomic mass is 9.98. The van der Waals surface area contributed by atoms with Gasteiger partial charge in [-0.05, 0) is 41.8 Å². The summed E-state index contributed by atoms with van der Waals surface area (Å²) < 4.78 is 38.2. The van der Waals surface area contributed by atoms with Crippen LogP contribution in [0.5, 0.6) is 0 Å². The Labute approximate surface area is 119 Å². The van der Waals surface area contributed by atoms with Gasteiger partial charge in [0.15, 0.2) is 0 Å². The van der Waals surface area contributed by atoms with Crippen molar-refractivity contribution in [2.75, 3.05) is 5.73 Å². The van der Waals surface area contributed by atoms with Crippen LogP contribution in [0.2, 0.25) is 0 Å². The second-order valence-electron chi connectivity index (χ2n) is 4.64. The first-order valence-corrected chi connectivity index (χ1v) is 6.24. The smallest absolute Gasteiger partial charge is 0.384 e. The Morgan fingerprint density at radius 2 is 1.95 bits per heavy atom. The second-order valence-corrected chi connectivity index (χ2v) is 4.64. The lowest BCUT2D eigenvalue weighted by Crippen LogP contribution is -2.29. The number of pyridine rings is 1. The van der Waals surface area contributed by atoms with Crippen LogP contribution >= 0.6 is 0 Å². The molecule has 0 fully saturated rings. The molecule has 0 spiro atoms. The molecule has 1 unspecified atom stereocenters. The minimum absolute atomic E-state index is 0.354. The zero-order valence-corrected chi connectivity index (χ0v) is 11.1. The van der Waals surface area contributed by atoms with Crippen molar-refractivity contribution >= 4 is 5.82 Å². The number of nitrogens with zero attached hydrogens (tertiary/aromatic N) is 1. The number of nitrogens with one attached hydrogen (secondary N) is 1. The van der Waals surface area contributed by atoms with E-state index in [1.165, 1.54) is 6.07 Å². The first-order valence-electron chi connectivity index (χ1n) is 6.24. The average Bonchev–Trinajstić information content (AvgIpc) is 2.44. The third-order valence-electron chi connectivity index (χ3n) is 3.10. The van der Waals surface area contributed by atoms with Crippen LogP contribution in [0.1, 0.15) is 22.7 Å². The van der Waals surface area contributed by atoms with Crippen molar-refractivity contribution < 1.29 is 13.2 Å². The zero-order chi connectivity index (χ0) is 15.5. The van der Waals surface area contributed by atoms with E-state index in [-0.39, 0.29) is 0 Å². The Morgan fingerprint density at radius 1 is 1.19 bits per heavy atom. The second kappa shape index (κ2) is 6.11. The maximum Gasteiger partial charge on any atom is 0.416 e. The zero-order valence-electron chi connectivity index (χ0n) is 11.1. The van der Waals surface area contributed by atoms with Crippen molar-refractivity contribution in [3.8, 4) is 0 Å². The highest BCUT2D eigenvalue weighted by molar-refractivity contribution is 5.34. The van der Waals surface area contributed by atoms with E-state index in [4.69, 9.17) is 11.6 Å². The molecule has 0 saturated heterocycles. The summed E-state index contributed by atoms with van der Waals surface area (Å²) in [5, 5.41) is 0. The van der Waals surface area contributed by atoms with E-state index >= 15 is 0 Å². The predicted molar refractivity (Wildman–Crippen MR) is 73.9 cm³/mol. The van der Waals surface area contributed by atoms with Crippen molar-refractivity contribution in [3.63, 3.8) is 0 Å². The maximum absolute atomic E-state index is 12.7. The molecule has 1 heterocycles. The van der Waals surface area contributed by atoms with Crippen LogP contribution in [0.15, 0.2) is 42.6 Å². The summed E-state index contributed by atoms with van der Waals surface area (Å²) in [6.45, 7) is 0. The fraction of sp³-hybridized carbons (Fsp3) is 0.214. The average molecular weight is 296 g/mol. The topological polar surface area (TPSA) is 77.0 Å². The van der Waals surface area contributed by atoms with Crippen LogP contribution < -0.4 is 17.0 Å². The molecule has 0 saturated carbocycles. The lowest BCUT2D eigenvalue weighted by molar-refractivity contribution is -0.137.